The molecule has 1 N–H and O–H groups in total. The summed E-state index contributed by atoms with van der Waals surface area (Å²) < 4.78 is 5.31. The number of ether oxygens (including phenoxy) is 1. The highest BCUT2D eigenvalue weighted by molar-refractivity contribution is 6.04. The van der Waals surface area contributed by atoms with Gasteiger partial charge >= 0.3 is 5.97 Å². The Morgan fingerprint density at radius 1 is 1.00 bits per heavy atom. The van der Waals surface area contributed by atoms with Crippen molar-refractivity contribution in [2.24, 2.45) is 5.10 Å². The number of hydrogen-bond donors (Lipinski definition) is 1. The molecule has 2 aromatic carbocycles. The number of carbonyl (C=O) groups excluding carboxylic acids is 2. The van der Waals surface area contributed by atoms with Gasteiger partial charge in [0.2, 0.25) is 5.91 Å². The summed E-state index contributed by atoms with van der Waals surface area (Å²) in [5, 5.41) is 4.06. The zero-order valence-corrected chi connectivity index (χ0v) is 13.2. The molecule has 0 aliphatic carbocycles. The first-order valence-corrected chi connectivity index (χ1v) is 7.85. The van der Waals surface area contributed by atoms with Crippen molar-refractivity contribution in [1.29, 1.82) is 0 Å². The van der Waals surface area contributed by atoms with Crippen LogP contribution in [0.1, 0.15) is 29.5 Å². The summed E-state index contributed by atoms with van der Waals surface area (Å²) in [5.74, 6) is -0.301. The molecule has 0 saturated carbocycles. The Kier molecular flexibility index (Phi) is 5.01. The predicted octanol–water partition coefficient (Wildman–Crippen LogP) is 2.59. The van der Waals surface area contributed by atoms with Crippen molar-refractivity contribution in [3.8, 4) is 0 Å². The molecular weight excluding hydrogens is 304 g/mol. The molecule has 0 bridgehead atoms. The molecule has 24 heavy (non-hydrogen) atoms. The first-order valence-electron chi connectivity index (χ1n) is 7.85. The number of esters is 1. The van der Waals surface area contributed by atoms with Gasteiger partial charge in [0.1, 0.15) is 6.61 Å². The molecule has 1 aliphatic rings. The highest BCUT2D eigenvalue weighted by Crippen LogP contribution is 2.12. The van der Waals surface area contributed by atoms with Gasteiger partial charge in [0.15, 0.2) is 0 Å². The molecule has 0 atom stereocenters. The Morgan fingerprint density at radius 3 is 2.42 bits per heavy atom. The smallest absolute Gasteiger partial charge is 0.310 e. The average molecular weight is 322 g/mol. The molecule has 1 amide bonds. The normalized spacial score (nSPS) is 13.8. The van der Waals surface area contributed by atoms with E-state index < -0.39 is 0 Å². The second kappa shape index (κ2) is 7.55. The van der Waals surface area contributed by atoms with E-state index in [4.69, 9.17) is 4.74 Å². The number of hydrazone groups is 1. The van der Waals surface area contributed by atoms with Crippen LogP contribution in [0.3, 0.4) is 0 Å². The molecule has 0 aromatic heterocycles. The minimum atomic E-state index is -0.246. The van der Waals surface area contributed by atoms with Gasteiger partial charge in [0, 0.05) is 12.8 Å². The van der Waals surface area contributed by atoms with E-state index in [2.05, 4.69) is 10.5 Å². The first kappa shape index (κ1) is 15.9. The molecule has 0 unspecified atom stereocenters. The van der Waals surface area contributed by atoms with Crippen LogP contribution in [-0.2, 0) is 27.4 Å². The summed E-state index contributed by atoms with van der Waals surface area (Å²) in [5.41, 5.74) is 6.18. The highest BCUT2D eigenvalue weighted by Gasteiger charge is 2.13. The van der Waals surface area contributed by atoms with Crippen LogP contribution in [0.2, 0.25) is 0 Å². The highest BCUT2D eigenvalue weighted by atomic mass is 16.5. The van der Waals surface area contributed by atoms with E-state index in [1.165, 1.54) is 0 Å². The third-order valence-corrected chi connectivity index (χ3v) is 3.78. The van der Waals surface area contributed by atoms with Gasteiger partial charge < -0.3 is 4.74 Å². The van der Waals surface area contributed by atoms with E-state index in [0.717, 1.165) is 22.4 Å². The standard InChI is InChI=1S/C19H18N2O3/c22-18-11-10-17(20-21-18)16-8-6-15(7-9-16)13-24-19(23)12-14-4-2-1-3-5-14/h1-9H,10-13H2,(H,21,22). The van der Waals surface area contributed by atoms with Gasteiger partial charge in [-0.3, -0.25) is 9.59 Å². The van der Waals surface area contributed by atoms with Gasteiger partial charge in [0.05, 0.1) is 12.1 Å². The quantitative estimate of drug-likeness (QED) is 0.860. The molecular formula is C19H18N2O3. The molecule has 1 heterocycles. The van der Waals surface area contributed by atoms with Crippen molar-refractivity contribution < 1.29 is 14.3 Å². The zero-order chi connectivity index (χ0) is 16.8. The fraction of sp³-hybridized carbons (Fsp3) is 0.211. The van der Waals surface area contributed by atoms with E-state index in [1.54, 1.807) is 0 Å². The Morgan fingerprint density at radius 2 is 1.75 bits per heavy atom. The Bertz CT molecular complexity index is 752. The van der Waals surface area contributed by atoms with Crippen LogP contribution in [0, 0.1) is 0 Å². The summed E-state index contributed by atoms with van der Waals surface area (Å²) in [6.45, 7) is 0.245. The van der Waals surface area contributed by atoms with Gasteiger partial charge in [-0.1, -0.05) is 54.6 Å². The fourth-order valence-electron chi connectivity index (χ4n) is 2.45. The monoisotopic (exact) mass is 322 g/mol. The average Bonchev–Trinajstić information content (AvgIpc) is 2.62. The lowest BCUT2D eigenvalue weighted by Crippen LogP contribution is -2.25. The summed E-state index contributed by atoms with van der Waals surface area (Å²) in [4.78, 5) is 23.0. The summed E-state index contributed by atoms with van der Waals surface area (Å²) in [6.07, 6.45) is 1.37. The summed E-state index contributed by atoms with van der Waals surface area (Å²) in [7, 11) is 0. The van der Waals surface area contributed by atoms with E-state index in [-0.39, 0.29) is 24.9 Å². The van der Waals surface area contributed by atoms with Crippen LogP contribution in [0.5, 0.6) is 0 Å². The molecule has 0 radical (unpaired) electrons. The maximum absolute atomic E-state index is 11.8. The van der Waals surface area contributed by atoms with Crippen LogP contribution in [0.25, 0.3) is 0 Å². The summed E-state index contributed by atoms with van der Waals surface area (Å²) >= 11 is 0. The summed E-state index contributed by atoms with van der Waals surface area (Å²) in [6, 6.07) is 17.2. The molecule has 3 rings (SSSR count). The van der Waals surface area contributed by atoms with Crippen molar-refractivity contribution in [2.45, 2.75) is 25.9 Å². The van der Waals surface area contributed by atoms with E-state index >= 15 is 0 Å². The molecule has 5 nitrogen and oxygen atoms in total. The lowest BCUT2D eigenvalue weighted by atomic mass is 10.0. The lowest BCUT2D eigenvalue weighted by Gasteiger charge is -2.12. The van der Waals surface area contributed by atoms with Crippen LogP contribution in [0.4, 0.5) is 0 Å². The Labute approximate surface area is 140 Å². The fourth-order valence-corrected chi connectivity index (χ4v) is 2.45. The molecule has 5 heteroatoms. The third kappa shape index (κ3) is 4.29. The van der Waals surface area contributed by atoms with E-state index in [0.29, 0.717) is 12.8 Å². The number of benzene rings is 2. The van der Waals surface area contributed by atoms with Gasteiger partial charge in [-0.2, -0.15) is 5.10 Å². The molecule has 0 spiro atoms. The SMILES string of the molecule is O=C1CCC(c2ccc(COC(=O)Cc3ccccc3)cc2)=NN1. The van der Waals surface area contributed by atoms with Crippen molar-refractivity contribution in [1.82, 2.24) is 5.43 Å². The van der Waals surface area contributed by atoms with Crippen molar-refractivity contribution in [3.05, 3.63) is 71.3 Å². The van der Waals surface area contributed by atoms with E-state index in [1.807, 2.05) is 54.6 Å². The first-order chi connectivity index (χ1) is 11.7. The van der Waals surface area contributed by atoms with Crippen molar-refractivity contribution in [3.63, 3.8) is 0 Å². The minimum absolute atomic E-state index is 0.0549. The number of hydrogen-bond acceptors (Lipinski definition) is 4. The van der Waals surface area contributed by atoms with Crippen LogP contribution in [0.15, 0.2) is 59.7 Å². The maximum Gasteiger partial charge on any atom is 0.310 e. The lowest BCUT2D eigenvalue weighted by molar-refractivity contribution is -0.144. The Hall–Kier alpha value is -2.95. The number of nitrogens with one attached hydrogen (secondary N) is 1. The minimum Gasteiger partial charge on any atom is -0.461 e. The third-order valence-electron chi connectivity index (χ3n) is 3.78. The number of nitrogens with zero attached hydrogens (tertiary/aromatic N) is 1. The maximum atomic E-state index is 11.8. The number of carbonyl (C=O) groups is 2. The second-order valence-electron chi connectivity index (χ2n) is 5.61. The zero-order valence-electron chi connectivity index (χ0n) is 13.2. The molecule has 122 valence electrons. The van der Waals surface area contributed by atoms with Gasteiger partial charge in [-0.05, 0) is 16.7 Å². The largest absolute Gasteiger partial charge is 0.461 e. The van der Waals surface area contributed by atoms with Crippen LogP contribution >= 0.6 is 0 Å². The second-order valence-corrected chi connectivity index (χ2v) is 5.61. The molecule has 2 aromatic rings. The van der Waals surface area contributed by atoms with Crippen LogP contribution < -0.4 is 5.43 Å². The number of rotatable bonds is 5. The van der Waals surface area contributed by atoms with Crippen molar-refractivity contribution in [2.75, 3.05) is 0 Å². The van der Waals surface area contributed by atoms with Gasteiger partial charge in [-0.25, -0.2) is 5.43 Å². The molecule has 1 aliphatic heterocycles. The topological polar surface area (TPSA) is 67.8 Å². The Balaban J connectivity index is 1.53. The van der Waals surface area contributed by atoms with Crippen LogP contribution in [-0.4, -0.2) is 17.6 Å². The molecule has 0 fully saturated rings. The van der Waals surface area contributed by atoms with Gasteiger partial charge in [0.25, 0.3) is 0 Å². The molecule has 0 saturated heterocycles. The van der Waals surface area contributed by atoms with Crippen molar-refractivity contribution >= 4 is 17.6 Å². The van der Waals surface area contributed by atoms with E-state index in [9.17, 15) is 9.59 Å². The number of amides is 1. The predicted molar refractivity (Wildman–Crippen MR) is 90.3 cm³/mol. The van der Waals surface area contributed by atoms with Gasteiger partial charge in [-0.15, -0.1) is 0 Å².